The lowest BCUT2D eigenvalue weighted by atomic mass is 9.75. The summed E-state index contributed by atoms with van der Waals surface area (Å²) >= 11 is 0. The Labute approximate surface area is 255 Å². The summed E-state index contributed by atoms with van der Waals surface area (Å²) in [5.74, 6) is 1.50. The molecular weight excluding hydrogens is 550 g/mol. The Morgan fingerprint density at radius 1 is 1.24 bits per heavy atom. The number of fused-ring (bicyclic) bond motifs is 1. The standard InChI is InChI=1S/C31H41N7O3.H2S/c1-5-40-26-14-27(30-25(16-32)18-35-38(30)20-26)24-6-7-28(34-17-24)37-11-8-31(9-12-37,15-29(39)41-22(2)3)21-36-13-10-33-23(4)19-36;/h6-7,14,17-18,20,22-23,33H,5,8-13,15,19,21H2,1-4H3;1H2/t23-;/m0./s1. The first kappa shape index (κ1) is 31.6. The predicted octanol–water partition coefficient (Wildman–Crippen LogP) is 4.00. The summed E-state index contributed by atoms with van der Waals surface area (Å²) < 4.78 is 13.0. The number of hydrogen-bond acceptors (Lipinski definition) is 9. The van der Waals surface area contributed by atoms with Gasteiger partial charge in [-0.2, -0.15) is 23.9 Å². The highest BCUT2D eigenvalue weighted by Gasteiger charge is 2.39. The van der Waals surface area contributed by atoms with Crippen molar-refractivity contribution in [1.82, 2.24) is 24.8 Å². The van der Waals surface area contributed by atoms with Gasteiger partial charge in [-0.25, -0.2) is 9.50 Å². The maximum atomic E-state index is 12.8. The number of hydrogen-bond donors (Lipinski definition) is 1. The van der Waals surface area contributed by atoms with Crippen LogP contribution in [0.3, 0.4) is 0 Å². The van der Waals surface area contributed by atoms with Crippen molar-refractivity contribution < 1.29 is 14.3 Å². The molecule has 2 fully saturated rings. The Balaban J connectivity index is 0.00000405. The molecule has 1 N–H and O–H groups in total. The molecule has 0 radical (unpaired) electrons. The molecule has 0 aliphatic carbocycles. The molecule has 10 nitrogen and oxygen atoms in total. The second-order valence-corrected chi connectivity index (χ2v) is 11.7. The average Bonchev–Trinajstić information content (AvgIpc) is 3.36. The fourth-order valence-corrected chi connectivity index (χ4v) is 6.22. The molecule has 226 valence electrons. The van der Waals surface area contributed by atoms with E-state index in [1.54, 1.807) is 16.9 Å². The summed E-state index contributed by atoms with van der Waals surface area (Å²) in [7, 11) is 0. The first-order valence-corrected chi connectivity index (χ1v) is 14.7. The van der Waals surface area contributed by atoms with Crippen LogP contribution in [0.1, 0.15) is 52.5 Å². The van der Waals surface area contributed by atoms with Crippen LogP contribution in [0.5, 0.6) is 5.75 Å². The van der Waals surface area contributed by atoms with Crippen molar-refractivity contribution in [2.75, 3.05) is 50.8 Å². The van der Waals surface area contributed by atoms with Gasteiger partial charge in [0, 0.05) is 62.6 Å². The number of piperazine rings is 1. The molecule has 42 heavy (non-hydrogen) atoms. The highest BCUT2D eigenvalue weighted by Crippen LogP contribution is 2.38. The van der Waals surface area contributed by atoms with Crippen LogP contribution < -0.4 is 15.0 Å². The summed E-state index contributed by atoms with van der Waals surface area (Å²) in [5, 5.41) is 17.5. The van der Waals surface area contributed by atoms with E-state index in [2.05, 4.69) is 33.2 Å². The summed E-state index contributed by atoms with van der Waals surface area (Å²) in [6.45, 7) is 14.0. The highest BCUT2D eigenvalue weighted by atomic mass is 32.1. The van der Waals surface area contributed by atoms with Crippen molar-refractivity contribution in [1.29, 1.82) is 5.26 Å². The number of carbonyl (C=O) groups is 1. The molecule has 1 atom stereocenters. The lowest BCUT2D eigenvalue weighted by Crippen LogP contribution is -2.54. The number of nitrogens with one attached hydrogen (secondary N) is 1. The second kappa shape index (κ2) is 13.8. The van der Waals surface area contributed by atoms with E-state index in [4.69, 9.17) is 14.5 Å². The van der Waals surface area contributed by atoms with Gasteiger partial charge in [-0.15, -0.1) is 0 Å². The zero-order chi connectivity index (χ0) is 29.0. The van der Waals surface area contributed by atoms with Crippen molar-refractivity contribution >= 4 is 30.8 Å². The minimum absolute atomic E-state index is 0. The van der Waals surface area contributed by atoms with Crippen LogP contribution in [0.4, 0.5) is 5.82 Å². The Morgan fingerprint density at radius 3 is 2.67 bits per heavy atom. The smallest absolute Gasteiger partial charge is 0.306 e. The molecule has 2 aliphatic heterocycles. The molecule has 11 heteroatoms. The van der Waals surface area contributed by atoms with E-state index in [1.807, 2.05) is 45.2 Å². The Hall–Kier alpha value is -3.33. The van der Waals surface area contributed by atoms with E-state index < -0.39 is 0 Å². The van der Waals surface area contributed by atoms with E-state index >= 15 is 0 Å². The minimum atomic E-state index is -0.111. The molecule has 2 aliphatic rings. The molecule has 0 amide bonds. The van der Waals surface area contributed by atoms with Gasteiger partial charge in [0.1, 0.15) is 17.6 Å². The normalized spacial score (nSPS) is 18.9. The lowest BCUT2D eigenvalue weighted by molar-refractivity contribution is -0.151. The fourth-order valence-electron chi connectivity index (χ4n) is 6.22. The third-order valence-electron chi connectivity index (χ3n) is 8.12. The number of aromatic nitrogens is 3. The zero-order valence-electron chi connectivity index (χ0n) is 25.1. The molecule has 0 spiro atoms. The summed E-state index contributed by atoms with van der Waals surface area (Å²) in [5.41, 5.74) is 2.89. The van der Waals surface area contributed by atoms with Crippen LogP contribution in [0.25, 0.3) is 16.6 Å². The molecule has 0 aromatic carbocycles. The Kier molecular flexibility index (Phi) is 10.4. The fraction of sp³-hybridized carbons (Fsp3) is 0.548. The van der Waals surface area contributed by atoms with Crippen LogP contribution in [0, 0.1) is 16.7 Å². The molecule has 3 aromatic rings. The number of pyridine rings is 2. The van der Waals surface area contributed by atoms with Gasteiger partial charge in [0.2, 0.25) is 0 Å². The molecule has 0 unspecified atom stereocenters. The van der Waals surface area contributed by atoms with Gasteiger partial charge in [0.25, 0.3) is 0 Å². The molecule has 5 rings (SSSR count). The quantitative estimate of drug-likeness (QED) is 0.368. The third kappa shape index (κ3) is 7.17. The number of ether oxygens (including phenoxy) is 2. The number of piperidine rings is 1. The maximum Gasteiger partial charge on any atom is 0.306 e. The summed E-state index contributed by atoms with van der Waals surface area (Å²) in [6, 6.07) is 8.73. The summed E-state index contributed by atoms with van der Waals surface area (Å²) in [4.78, 5) is 22.5. The van der Waals surface area contributed by atoms with E-state index in [0.717, 1.165) is 74.6 Å². The van der Waals surface area contributed by atoms with Gasteiger partial charge >= 0.3 is 5.97 Å². The topological polar surface area (TPSA) is 108 Å². The molecule has 0 bridgehead atoms. The number of rotatable bonds is 9. The molecule has 2 saturated heterocycles. The van der Waals surface area contributed by atoms with E-state index in [1.165, 1.54) is 0 Å². The predicted molar refractivity (Wildman–Crippen MR) is 168 cm³/mol. The maximum absolute atomic E-state index is 12.8. The van der Waals surface area contributed by atoms with Crippen molar-refractivity contribution in [3.8, 4) is 22.9 Å². The van der Waals surface area contributed by atoms with Crippen molar-refractivity contribution in [2.45, 2.75) is 59.1 Å². The molecule has 0 saturated carbocycles. The Morgan fingerprint density at radius 2 is 2.02 bits per heavy atom. The molecule has 5 heterocycles. The monoisotopic (exact) mass is 593 g/mol. The molecular formula is C31H43N7O3S. The number of esters is 1. The van der Waals surface area contributed by atoms with Crippen molar-refractivity contribution in [3.63, 3.8) is 0 Å². The average molecular weight is 594 g/mol. The second-order valence-electron chi connectivity index (χ2n) is 11.7. The Bertz CT molecular complexity index is 1390. The summed E-state index contributed by atoms with van der Waals surface area (Å²) in [6.07, 6.45) is 7.38. The van der Waals surface area contributed by atoms with Crippen molar-refractivity contribution in [2.24, 2.45) is 5.41 Å². The number of nitriles is 1. The van der Waals surface area contributed by atoms with Crippen LogP contribution in [-0.4, -0.2) is 83.5 Å². The van der Waals surface area contributed by atoms with Crippen molar-refractivity contribution in [3.05, 3.63) is 42.4 Å². The van der Waals surface area contributed by atoms with E-state index in [0.29, 0.717) is 30.4 Å². The SMILES string of the molecule is CCOc1cc(-c2ccc(N3CCC(CC(=O)OC(C)C)(CN4CCN[C@@H](C)C4)CC3)nc2)c2c(C#N)cnn2c1.S. The number of nitrogens with zero attached hydrogens (tertiary/aromatic N) is 6. The van der Waals surface area contributed by atoms with Gasteiger partial charge in [0.05, 0.1) is 42.6 Å². The van der Waals surface area contributed by atoms with Gasteiger partial charge in [-0.1, -0.05) is 0 Å². The number of carbonyl (C=O) groups excluding carboxylic acids is 1. The lowest BCUT2D eigenvalue weighted by Gasteiger charge is -2.46. The first-order chi connectivity index (χ1) is 19.8. The van der Waals surface area contributed by atoms with Crippen LogP contribution >= 0.6 is 13.5 Å². The van der Waals surface area contributed by atoms with Crippen LogP contribution in [0.15, 0.2) is 36.8 Å². The van der Waals surface area contributed by atoms with E-state index in [9.17, 15) is 10.1 Å². The first-order valence-electron chi connectivity index (χ1n) is 14.7. The minimum Gasteiger partial charge on any atom is -0.492 e. The third-order valence-corrected chi connectivity index (χ3v) is 8.12. The van der Waals surface area contributed by atoms with Crippen LogP contribution in [0.2, 0.25) is 0 Å². The van der Waals surface area contributed by atoms with Crippen LogP contribution in [-0.2, 0) is 9.53 Å². The zero-order valence-corrected chi connectivity index (χ0v) is 26.1. The van der Waals surface area contributed by atoms with Gasteiger partial charge in [-0.05, 0) is 64.2 Å². The number of anilines is 1. The van der Waals surface area contributed by atoms with Gasteiger partial charge in [0.15, 0.2) is 0 Å². The van der Waals surface area contributed by atoms with Gasteiger partial charge in [-0.3, -0.25) is 9.69 Å². The molecule has 3 aromatic heterocycles. The highest BCUT2D eigenvalue weighted by molar-refractivity contribution is 7.59. The van der Waals surface area contributed by atoms with E-state index in [-0.39, 0.29) is 31.0 Å². The largest absolute Gasteiger partial charge is 0.492 e. The van der Waals surface area contributed by atoms with Gasteiger partial charge < -0.3 is 19.7 Å².